The van der Waals surface area contributed by atoms with Crippen LogP contribution in [0.15, 0.2) is 0 Å². The molecule has 20 heavy (non-hydrogen) atoms. The molecule has 0 aromatic rings. The minimum Gasteiger partial charge on any atom is -0.467 e. The first kappa shape index (κ1) is 18.6. The highest BCUT2D eigenvalue weighted by Gasteiger charge is 2.22. The number of hydrogen-bond donors (Lipinski definition) is 2. The van der Waals surface area contributed by atoms with E-state index in [1.54, 1.807) is 27.0 Å². The van der Waals surface area contributed by atoms with E-state index in [0.717, 1.165) is 0 Å². The average Bonchev–Trinajstić information content (AvgIpc) is 2.33. The van der Waals surface area contributed by atoms with Gasteiger partial charge >= 0.3 is 12.1 Å². The zero-order valence-electron chi connectivity index (χ0n) is 12.4. The van der Waals surface area contributed by atoms with E-state index in [2.05, 4.69) is 15.4 Å². The zero-order chi connectivity index (χ0) is 15.8. The number of ether oxygens (including phenoxy) is 2. The number of alkyl carbamates (subject to hydrolysis) is 1. The van der Waals surface area contributed by atoms with Crippen LogP contribution < -0.4 is 10.6 Å². The summed E-state index contributed by atoms with van der Waals surface area (Å²) in [7, 11) is 1.25. The summed E-state index contributed by atoms with van der Waals surface area (Å²) in [4.78, 5) is 34.4. The van der Waals surface area contributed by atoms with Crippen LogP contribution in [0.5, 0.6) is 0 Å². The number of rotatable bonds is 6. The molecule has 0 spiro atoms. The van der Waals surface area contributed by atoms with Gasteiger partial charge in [0.1, 0.15) is 18.2 Å². The van der Waals surface area contributed by atoms with Crippen molar-refractivity contribution in [3.63, 3.8) is 0 Å². The minimum atomic E-state index is -0.733. The Morgan fingerprint density at radius 1 is 1.25 bits per heavy atom. The Labute approximate surface area is 123 Å². The molecule has 2 N–H and O–H groups in total. The molecule has 0 radical (unpaired) electrons. The summed E-state index contributed by atoms with van der Waals surface area (Å²) in [6, 6.07) is -0.733. The van der Waals surface area contributed by atoms with Crippen molar-refractivity contribution in [2.45, 2.75) is 32.4 Å². The zero-order valence-corrected chi connectivity index (χ0v) is 13.3. The van der Waals surface area contributed by atoms with Crippen LogP contribution in [0, 0.1) is 0 Å². The molecule has 0 saturated heterocycles. The maximum atomic E-state index is 11.6. The summed E-state index contributed by atoms with van der Waals surface area (Å²) in [5, 5.41) is 4.79. The van der Waals surface area contributed by atoms with Crippen molar-refractivity contribution in [2.24, 2.45) is 0 Å². The molecule has 116 valence electrons. The molecule has 0 fully saturated rings. The van der Waals surface area contributed by atoms with Gasteiger partial charge in [-0.3, -0.25) is 4.79 Å². The first-order valence-corrected chi connectivity index (χ1v) is 7.42. The van der Waals surface area contributed by atoms with E-state index in [0.29, 0.717) is 5.75 Å². The molecule has 0 saturated carbocycles. The molecule has 0 aromatic heterocycles. The first-order valence-electron chi connectivity index (χ1n) is 6.02. The van der Waals surface area contributed by atoms with Gasteiger partial charge in [0.15, 0.2) is 0 Å². The lowest BCUT2D eigenvalue weighted by Crippen LogP contribution is -2.47. The predicted octanol–water partition coefficient (Wildman–Crippen LogP) is 0.532. The Morgan fingerprint density at radius 3 is 2.30 bits per heavy atom. The second kappa shape index (κ2) is 8.68. The highest BCUT2D eigenvalue weighted by atomic mass is 32.2. The first-order chi connectivity index (χ1) is 9.19. The number of carbonyl (C=O) groups is 3. The van der Waals surface area contributed by atoms with E-state index in [4.69, 9.17) is 4.74 Å². The number of methoxy groups -OCH3 is 1. The van der Waals surface area contributed by atoms with E-state index in [1.165, 1.54) is 18.9 Å². The molecule has 7 nitrogen and oxygen atoms in total. The van der Waals surface area contributed by atoms with Crippen molar-refractivity contribution in [3.05, 3.63) is 0 Å². The van der Waals surface area contributed by atoms with E-state index >= 15 is 0 Å². The van der Waals surface area contributed by atoms with Gasteiger partial charge in [0.05, 0.1) is 7.11 Å². The number of hydrogen-bond acceptors (Lipinski definition) is 6. The molecule has 0 aromatic carbocycles. The molecule has 0 rings (SSSR count). The van der Waals surface area contributed by atoms with Crippen molar-refractivity contribution < 1.29 is 23.9 Å². The van der Waals surface area contributed by atoms with Gasteiger partial charge in [-0.1, -0.05) is 0 Å². The molecule has 0 aliphatic rings. The van der Waals surface area contributed by atoms with Gasteiger partial charge in [0.25, 0.3) is 0 Å². The predicted molar refractivity (Wildman–Crippen MR) is 76.6 cm³/mol. The second-order valence-electron chi connectivity index (χ2n) is 4.95. The summed E-state index contributed by atoms with van der Waals surface area (Å²) >= 11 is 1.40. The number of nitrogens with one attached hydrogen (secondary N) is 2. The molecule has 1 atom stereocenters. The van der Waals surface area contributed by atoms with Gasteiger partial charge in [-0.25, -0.2) is 9.59 Å². The van der Waals surface area contributed by atoms with Crippen LogP contribution >= 0.6 is 11.8 Å². The standard InChI is InChI=1S/C12H22N2O5S/c1-12(2,3)19-11(17)13-6-9(15)14-8(7-20-5)10(16)18-4/h8H,6-7H2,1-5H3,(H,13,17)(H,14,15)/t8-/m0/s1. The molecule has 0 aliphatic carbocycles. The Balaban J connectivity index is 4.20. The van der Waals surface area contributed by atoms with E-state index in [1.807, 2.05) is 0 Å². The van der Waals surface area contributed by atoms with Crippen molar-refractivity contribution in [1.29, 1.82) is 0 Å². The Kier molecular flexibility index (Phi) is 8.05. The van der Waals surface area contributed by atoms with Crippen LogP contribution in [0.25, 0.3) is 0 Å². The van der Waals surface area contributed by atoms with Crippen LogP contribution in [0.1, 0.15) is 20.8 Å². The van der Waals surface area contributed by atoms with Crippen LogP contribution in [-0.2, 0) is 19.1 Å². The Hall–Kier alpha value is -1.44. The summed E-state index contributed by atoms with van der Waals surface area (Å²) in [6.45, 7) is 4.89. The fourth-order valence-electron chi connectivity index (χ4n) is 1.19. The third kappa shape index (κ3) is 8.63. The van der Waals surface area contributed by atoms with Crippen LogP contribution in [0.4, 0.5) is 4.79 Å². The summed E-state index contributed by atoms with van der Waals surface area (Å²) in [6.07, 6.45) is 1.12. The van der Waals surface area contributed by atoms with Gasteiger partial charge in [0.2, 0.25) is 5.91 Å². The number of carbonyl (C=O) groups excluding carboxylic acids is 3. The molecule has 0 unspecified atom stereocenters. The molecular formula is C12H22N2O5S. The van der Waals surface area contributed by atoms with Crippen molar-refractivity contribution in [1.82, 2.24) is 10.6 Å². The SMILES string of the molecule is COC(=O)[C@H](CSC)NC(=O)CNC(=O)OC(C)(C)C. The minimum absolute atomic E-state index is 0.267. The van der Waals surface area contributed by atoms with E-state index < -0.39 is 29.6 Å². The lowest BCUT2D eigenvalue weighted by Gasteiger charge is -2.20. The normalized spacial score (nSPS) is 12.2. The van der Waals surface area contributed by atoms with Crippen LogP contribution in [-0.4, -0.2) is 55.3 Å². The molecule has 0 heterocycles. The largest absolute Gasteiger partial charge is 0.467 e. The number of esters is 1. The lowest BCUT2D eigenvalue weighted by molar-refractivity contribution is -0.144. The fraction of sp³-hybridized carbons (Fsp3) is 0.750. The fourth-order valence-corrected chi connectivity index (χ4v) is 1.74. The third-order valence-electron chi connectivity index (χ3n) is 1.95. The van der Waals surface area contributed by atoms with Crippen molar-refractivity contribution in [3.8, 4) is 0 Å². The topological polar surface area (TPSA) is 93.7 Å². The van der Waals surface area contributed by atoms with Gasteiger partial charge in [0, 0.05) is 5.75 Å². The second-order valence-corrected chi connectivity index (χ2v) is 5.86. The average molecular weight is 306 g/mol. The molecular weight excluding hydrogens is 284 g/mol. The smallest absolute Gasteiger partial charge is 0.408 e. The lowest BCUT2D eigenvalue weighted by atomic mass is 10.2. The summed E-state index contributed by atoms with van der Waals surface area (Å²) < 4.78 is 9.56. The molecule has 0 aliphatic heterocycles. The molecule has 2 amide bonds. The van der Waals surface area contributed by atoms with E-state index in [9.17, 15) is 14.4 Å². The third-order valence-corrected chi connectivity index (χ3v) is 2.61. The number of thioether (sulfide) groups is 1. The van der Waals surface area contributed by atoms with Gasteiger partial charge in [-0.2, -0.15) is 11.8 Å². The maximum absolute atomic E-state index is 11.6. The van der Waals surface area contributed by atoms with Gasteiger partial charge < -0.3 is 20.1 Å². The van der Waals surface area contributed by atoms with Gasteiger partial charge in [-0.05, 0) is 27.0 Å². The summed E-state index contributed by atoms with van der Waals surface area (Å²) in [5.41, 5.74) is -0.631. The highest BCUT2D eigenvalue weighted by molar-refractivity contribution is 7.98. The highest BCUT2D eigenvalue weighted by Crippen LogP contribution is 2.06. The van der Waals surface area contributed by atoms with Gasteiger partial charge in [-0.15, -0.1) is 0 Å². The van der Waals surface area contributed by atoms with E-state index in [-0.39, 0.29) is 6.54 Å². The van der Waals surface area contributed by atoms with Crippen molar-refractivity contribution in [2.75, 3.05) is 25.7 Å². The number of amides is 2. The summed E-state index contributed by atoms with van der Waals surface area (Å²) in [5.74, 6) is -0.615. The van der Waals surface area contributed by atoms with Crippen molar-refractivity contribution >= 4 is 29.7 Å². The van der Waals surface area contributed by atoms with Crippen LogP contribution in [0.2, 0.25) is 0 Å². The molecule has 8 heteroatoms. The van der Waals surface area contributed by atoms with Crippen LogP contribution in [0.3, 0.4) is 0 Å². The monoisotopic (exact) mass is 306 g/mol. The maximum Gasteiger partial charge on any atom is 0.408 e. The Bertz CT molecular complexity index is 354. The quantitative estimate of drug-likeness (QED) is 0.695. The molecule has 0 bridgehead atoms. The Morgan fingerprint density at radius 2 is 1.85 bits per heavy atom.